The quantitative estimate of drug-likeness (QED) is 0.802. The molecule has 1 saturated carbocycles. The topological polar surface area (TPSA) is 33.4 Å². The lowest BCUT2D eigenvalue weighted by Gasteiger charge is -2.25. The molecule has 0 radical (unpaired) electrons. The van der Waals surface area contributed by atoms with Gasteiger partial charge in [-0.3, -0.25) is 0 Å². The first-order chi connectivity index (χ1) is 9.00. The molecule has 0 amide bonds. The molecule has 102 valence electrons. The first kappa shape index (κ1) is 11.7. The van der Waals surface area contributed by atoms with E-state index in [0.29, 0.717) is 0 Å². The van der Waals surface area contributed by atoms with Crippen molar-refractivity contribution in [3.8, 4) is 0 Å². The first-order valence-corrected chi connectivity index (χ1v) is 7.96. The van der Waals surface area contributed by atoms with Gasteiger partial charge >= 0.3 is 0 Å². The van der Waals surface area contributed by atoms with Crippen molar-refractivity contribution in [2.45, 2.75) is 51.5 Å². The molecule has 1 saturated heterocycles. The molecule has 1 aliphatic carbocycles. The Hall–Kier alpha value is -1.10. The van der Waals surface area contributed by atoms with Gasteiger partial charge in [-0.05, 0) is 25.2 Å². The van der Waals surface area contributed by atoms with E-state index in [1.165, 1.54) is 25.8 Å². The Kier molecular flexibility index (Phi) is 2.29. The second-order valence-electron chi connectivity index (χ2n) is 6.97. The molecule has 4 nitrogen and oxygen atoms in total. The summed E-state index contributed by atoms with van der Waals surface area (Å²) >= 11 is 1.74. The minimum atomic E-state index is 0.0975. The number of hydrogen-bond acceptors (Lipinski definition) is 4. The van der Waals surface area contributed by atoms with Gasteiger partial charge < -0.3 is 4.90 Å². The minimum Gasteiger partial charge on any atom is -0.343 e. The number of aromatic nitrogens is 3. The van der Waals surface area contributed by atoms with Gasteiger partial charge in [-0.15, -0.1) is 5.10 Å². The van der Waals surface area contributed by atoms with Crippen molar-refractivity contribution in [2.24, 2.45) is 5.92 Å². The zero-order valence-electron chi connectivity index (χ0n) is 11.8. The maximum atomic E-state index is 4.75. The van der Waals surface area contributed by atoms with Crippen LogP contribution in [-0.4, -0.2) is 27.2 Å². The molecule has 2 aromatic rings. The fourth-order valence-electron chi connectivity index (χ4n) is 3.33. The van der Waals surface area contributed by atoms with Crippen molar-refractivity contribution in [3.63, 3.8) is 0 Å². The number of nitrogens with zero attached hydrogens (tertiary/aromatic N) is 4. The minimum absolute atomic E-state index is 0.0975. The van der Waals surface area contributed by atoms with Gasteiger partial charge in [-0.1, -0.05) is 32.1 Å². The fourth-order valence-corrected chi connectivity index (χ4v) is 4.29. The molecule has 2 aromatic heterocycles. The maximum Gasteiger partial charge on any atom is 0.214 e. The van der Waals surface area contributed by atoms with Crippen LogP contribution in [0.5, 0.6) is 0 Å². The molecule has 2 fully saturated rings. The zero-order valence-corrected chi connectivity index (χ0v) is 12.6. The highest BCUT2D eigenvalue weighted by Gasteiger charge is 2.39. The molecule has 4 rings (SSSR count). The lowest BCUT2D eigenvalue weighted by atomic mass is 9.93. The summed E-state index contributed by atoms with van der Waals surface area (Å²) in [5.41, 5.74) is 1.22. The van der Waals surface area contributed by atoms with Gasteiger partial charge in [0.15, 0.2) is 0 Å². The molecular weight excluding hydrogens is 256 g/mol. The van der Waals surface area contributed by atoms with E-state index in [1.807, 2.05) is 4.52 Å². The summed E-state index contributed by atoms with van der Waals surface area (Å²) in [6.45, 7) is 7.78. The van der Waals surface area contributed by atoms with E-state index in [0.717, 1.165) is 27.7 Å². The Morgan fingerprint density at radius 3 is 2.74 bits per heavy atom. The van der Waals surface area contributed by atoms with Crippen LogP contribution in [0.3, 0.4) is 0 Å². The monoisotopic (exact) mass is 276 g/mol. The Balaban J connectivity index is 1.68. The number of hydrogen-bond donors (Lipinski definition) is 0. The SMILES string of the molecule is CC(C)(C)c1cn2nc(N3CC4CCC3C4)sc2n1. The van der Waals surface area contributed by atoms with Gasteiger partial charge in [0, 0.05) is 18.0 Å². The van der Waals surface area contributed by atoms with Crippen LogP contribution < -0.4 is 4.90 Å². The van der Waals surface area contributed by atoms with E-state index >= 15 is 0 Å². The molecule has 2 aliphatic rings. The van der Waals surface area contributed by atoms with Gasteiger partial charge in [0.05, 0.1) is 11.9 Å². The Labute approximate surface area is 117 Å². The molecule has 2 unspecified atom stereocenters. The third-order valence-corrected chi connectivity index (χ3v) is 5.42. The molecule has 2 atom stereocenters. The molecule has 5 heteroatoms. The van der Waals surface area contributed by atoms with Gasteiger partial charge in [0.2, 0.25) is 10.1 Å². The van der Waals surface area contributed by atoms with Crippen molar-refractivity contribution >= 4 is 21.4 Å². The second kappa shape index (κ2) is 3.72. The van der Waals surface area contributed by atoms with Gasteiger partial charge in [0.1, 0.15) is 0 Å². The average Bonchev–Trinajstić information content (AvgIpc) is 3.05. The lowest BCUT2D eigenvalue weighted by Crippen LogP contribution is -2.31. The molecule has 0 aromatic carbocycles. The summed E-state index contributed by atoms with van der Waals surface area (Å²) < 4.78 is 1.96. The number of imidazole rings is 1. The Morgan fingerprint density at radius 1 is 1.32 bits per heavy atom. The van der Waals surface area contributed by atoms with E-state index in [2.05, 4.69) is 31.9 Å². The van der Waals surface area contributed by atoms with Crippen molar-refractivity contribution in [1.82, 2.24) is 14.6 Å². The Morgan fingerprint density at radius 2 is 2.16 bits per heavy atom. The van der Waals surface area contributed by atoms with E-state index in [-0.39, 0.29) is 5.41 Å². The number of fused-ring (bicyclic) bond motifs is 3. The van der Waals surface area contributed by atoms with E-state index in [4.69, 9.17) is 10.1 Å². The van der Waals surface area contributed by atoms with E-state index in [9.17, 15) is 0 Å². The van der Waals surface area contributed by atoms with Crippen LogP contribution in [0.15, 0.2) is 6.20 Å². The third kappa shape index (κ3) is 1.78. The van der Waals surface area contributed by atoms with Crippen LogP contribution in [0.2, 0.25) is 0 Å². The first-order valence-electron chi connectivity index (χ1n) is 7.14. The van der Waals surface area contributed by atoms with Crippen LogP contribution in [0.1, 0.15) is 45.7 Å². The van der Waals surface area contributed by atoms with Crippen molar-refractivity contribution in [1.29, 1.82) is 0 Å². The lowest BCUT2D eigenvalue weighted by molar-refractivity contribution is 0.551. The highest BCUT2D eigenvalue weighted by molar-refractivity contribution is 7.20. The van der Waals surface area contributed by atoms with Crippen molar-refractivity contribution in [2.75, 3.05) is 11.4 Å². The molecule has 0 N–H and O–H groups in total. The van der Waals surface area contributed by atoms with Crippen LogP contribution in [-0.2, 0) is 5.41 Å². The van der Waals surface area contributed by atoms with Crippen LogP contribution in [0.4, 0.5) is 5.13 Å². The molecule has 1 aliphatic heterocycles. The number of piperidine rings is 1. The third-order valence-electron chi connectivity index (χ3n) is 4.46. The van der Waals surface area contributed by atoms with Gasteiger partial charge in [-0.25, -0.2) is 9.50 Å². The van der Waals surface area contributed by atoms with Gasteiger partial charge in [-0.2, -0.15) is 0 Å². The number of anilines is 1. The summed E-state index contributed by atoms with van der Waals surface area (Å²) in [4.78, 5) is 8.26. The fraction of sp³-hybridized carbons (Fsp3) is 0.714. The highest BCUT2D eigenvalue weighted by atomic mass is 32.1. The standard InChI is InChI=1S/C14H20N4S/c1-14(2,3)11-8-18-12(15-11)19-13(16-18)17-7-9-4-5-10(17)6-9/h8-10H,4-7H2,1-3H3. The summed E-state index contributed by atoms with van der Waals surface area (Å²) in [6.07, 6.45) is 6.22. The number of rotatable bonds is 1. The molecule has 3 heterocycles. The second-order valence-corrected chi connectivity index (χ2v) is 7.91. The van der Waals surface area contributed by atoms with E-state index < -0.39 is 0 Å². The summed E-state index contributed by atoms with van der Waals surface area (Å²) in [5.74, 6) is 0.909. The van der Waals surface area contributed by atoms with Crippen molar-refractivity contribution < 1.29 is 0 Å². The molecular formula is C14H20N4S. The maximum absolute atomic E-state index is 4.75. The predicted octanol–water partition coefficient (Wildman–Crippen LogP) is 3.08. The summed E-state index contributed by atoms with van der Waals surface area (Å²) in [7, 11) is 0. The van der Waals surface area contributed by atoms with Gasteiger partial charge in [0.25, 0.3) is 0 Å². The smallest absolute Gasteiger partial charge is 0.214 e. The summed E-state index contributed by atoms with van der Waals surface area (Å²) in [6, 6.07) is 0.739. The highest BCUT2D eigenvalue weighted by Crippen LogP contribution is 2.41. The van der Waals surface area contributed by atoms with E-state index in [1.54, 1.807) is 11.3 Å². The zero-order chi connectivity index (χ0) is 13.2. The van der Waals surface area contributed by atoms with Crippen LogP contribution >= 0.6 is 11.3 Å². The molecule has 0 spiro atoms. The molecule has 19 heavy (non-hydrogen) atoms. The average molecular weight is 276 g/mol. The van der Waals surface area contributed by atoms with Crippen LogP contribution in [0, 0.1) is 5.92 Å². The molecule has 2 bridgehead atoms. The van der Waals surface area contributed by atoms with Crippen LogP contribution in [0.25, 0.3) is 4.96 Å². The predicted molar refractivity (Wildman–Crippen MR) is 78.0 cm³/mol. The Bertz CT molecular complexity index is 589. The largest absolute Gasteiger partial charge is 0.343 e. The summed E-state index contributed by atoms with van der Waals surface area (Å²) in [5, 5.41) is 5.91. The normalized spacial score (nSPS) is 26.8. The van der Waals surface area contributed by atoms with Crippen molar-refractivity contribution in [3.05, 3.63) is 11.9 Å².